The van der Waals surface area contributed by atoms with Crippen molar-refractivity contribution in [1.29, 1.82) is 0 Å². The van der Waals surface area contributed by atoms with Crippen molar-refractivity contribution >= 4 is 5.69 Å². The van der Waals surface area contributed by atoms with Crippen LogP contribution in [0.3, 0.4) is 0 Å². The van der Waals surface area contributed by atoms with Crippen LogP contribution < -0.4 is 0 Å². The zero-order chi connectivity index (χ0) is 11.5. The summed E-state index contributed by atoms with van der Waals surface area (Å²) in [5.74, 6) is 0. The molecule has 3 nitrogen and oxygen atoms in total. The SMILES string of the molecule is Cc1cc(-c2ccccc2)cc([N+](=O)[O-])c1. The summed E-state index contributed by atoms with van der Waals surface area (Å²) in [4.78, 5) is 10.4. The van der Waals surface area contributed by atoms with Gasteiger partial charge in [-0.3, -0.25) is 10.1 Å². The second kappa shape index (κ2) is 4.14. The van der Waals surface area contributed by atoms with E-state index < -0.39 is 0 Å². The van der Waals surface area contributed by atoms with Gasteiger partial charge in [0, 0.05) is 12.1 Å². The molecule has 0 saturated carbocycles. The van der Waals surface area contributed by atoms with Crippen molar-refractivity contribution in [3.8, 4) is 11.1 Å². The Hall–Kier alpha value is -2.16. The van der Waals surface area contributed by atoms with E-state index in [-0.39, 0.29) is 10.6 Å². The van der Waals surface area contributed by atoms with Crippen LogP contribution in [0.1, 0.15) is 5.56 Å². The van der Waals surface area contributed by atoms with E-state index in [1.165, 1.54) is 0 Å². The van der Waals surface area contributed by atoms with Crippen molar-refractivity contribution < 1.29 is 4.92 Å². The molecule has 2 rings (SSSR count). The summed E-state index contributed by atoms with van der Waals surface area (Å²) in [6, 6.07) is 14.8. The first-order chi connectivity index (χ1) is 7.66. The molecule has 3 heteroatoms. The number of aryl methyl sites for hydroxylation is 1. The molecule has 0 aromatic heterocycles. The highest BCUT2D eigenvalue weighted by Crippen LogP contribution is 2.25. The second-order valence-electron chi connectivity index (χ2n) is 3.68. The van der Waals surface area contributed by atoms with E-state index >= 15 is 0 Å². The molecule has 0 radical (unpaired) electrons. The molecule has 0 saturated heterocycles. The molecule has 0 fully saturated rings. The van der Waals surface area contributed by atoms with Gasteiger partial charge in [0.2, 0.25) is 0 Å². The standard InChI is InChI=1S/C13H11NO2/c1-10-7-12(9-13(8-10)14(15)16)11-5-3-2-4-6-11/h2-9H,1H3. The van der Waals surface area contributed by atoms with Gasteiger partial charge in [-0.15, -0.1) is 0 Å². The fraction of sp³-hybridized carbons (Fsp3) is 0.0769. The molecule has 0 N–H and O–H groups in total. The van der Waals surface area contributed by atoms with E-state index in [4.69, 9.17) is 0 Å². The largest absolute Gasteiger partial charge is 0.270 e. The Morgan fingerprint density at radius 1 is 1.00 bits per heavy atom. The molecule has 0 aliphatic rings. The van der Waals surface area contributed by atoms with Crippen molar-refractivity contribution in [2.75, 3.05) is 0 Å². The van der Waals surface area contributed by atoms with E-state index in [1.807, 2.05) is 43.3 Å². The minimum absolute atomic E-state index is 0.138. The maximum Gasteiger partial charge on any atom is 0.270 e. The van der Waals surface area contributed by atoms with Crippen LogP contribution in [0.15, 0.2) is 48.5 Å². The Labute approximate surface area is 93.5 Å². The summed E-state index contributed by atoms with van der Waals surface area (Å²) >= 11 is 0. The minimum Gasteiger partial charge on any atom is -0.258 e. The van der Waals surface area contributed by atoms with E-state index in [0.29, 0.717) is 0 Å². The van der Waals surface area contributed by atoms with Gasteiger partial charge in [-0.05, 0) is 23.6 Å². The average Bonchev–Trinajstić information content (AvgIpc) is 2.29. The normalized spacial score (nSPS) is 10.1. The maximum atomic E-state index is 10.7. The third-order valence-corrected chi connectivity index (χ3v) is 2.38. The molecule has 0 unspecified atom stereocenters. The van der Waals surface area contributed by atoms with Crippen LogP contribution in [0.25, 0.3) is 11.1 Å². The van der Waals surface area contributed by atoms with Gasteiger partial charge in [0.1, 0.15) is 0 Å². The van der Waals surface area contributed by atoms with E-state index in [0.717, 1.165) is 16.7 Å². The molecule has 0 amide bonds. The molecule has 80 valence electrons. The van der Waals surface area contributed by atoms with Crippen molar-refractivity contribution in [3.63, 3.8) is 0 Å². The van der Waals surface area contributed by atoms with Gasteiger partial charge >= 0.3 is 0 Å². The lowest BCUT2D eigenvalue weighted by molar-refractivity contribution is -0.384. The van der Waals surface area contributed by atoms with Gasteiger partial charge < -0.3 is 0 Å². The van der Waals surface area contributed by atoms with Gasteiger partial charge in [-0.1, -0.05) is 36.4 Å². The number of hydrogen-bond acceptors (Lipinski definition) is 2. The summed E-state index contributed by atoms with van der Waals surface area (Å²) in [7, 11) is 0. The molecule has 0 bridgehead atoms. The van der Waals surface area contributed by atoms with Crippen LogP contribution in [0.2, 0.25) is 0 Å². The molecule has 0 aliphatic heterocycles. The Balaban J connectivity index is 2.54. The predicted molar refractivity (Wildman–Crippen MR) is 63.3 cm³/mol. The van der Waals surface area contributed by atoms with Gasteiger partial charge in [-0.25, -0.2) is 0 Å². The molecule has 0 spiro atoms. The highest BCUT2D eigenvalue weighted by Gasteiger charge is 2.08. The summed E-state index contributed by atoms with van der Waals surface area (Å²) in [5, 5.41) is 10.7. The van der Waals surface area contributed by atoms with Gasteiger partial charge in [-0.2, -0.15) is 0 Å². The number of hydrogen-bond donors (Lipinski definition) is 0. The lowest BCUT2D eigenvalue weighted by Gasteiger charge is -2.03. The number of nitro groups is 1. The number of rotatable bonds is 2. The first kappa shape index (κ1) is 10.4. The van der Waals surface area contributed by atoms with E-state index in [1.54, 1.807) is 12.1 Å². The molecule has 0 aliphatic carbocycles. The van der Waals surface area contributed by atoms with Crippen LogP contribution in [0, 0.1) is 17.0 Å². The van der Waals surface area contributed by atoms with Crippen molar-refractivity contribution in [3.05, 3.63) is 64.2 Å². The molecule has 0 heterocycles. The lowest BCUT2D eigenvalue weighted by atomic mass is 10.0. The van der Waals surface area contributed by atoms with Gasteiger partial charge in [0.25, 0.3) is 5.69 Å². The molecule has 2 aromatic carbocycles. The monoisotopic (exact) mass is 213 g/mol. The molecule has 2 aromatic rings. The first-order valence-corrected chi connectivity index (χ1v) is 4.98. The number of nitro benzene ring substituents is 1. The average molecular weight is 213 g/mol. The van der Waals surface area contributed by atoms with Gasteiger partial charge in [0.15, 0.2) is 0 Å². The van der Waals surface area contributed by atoms with Crippen molar-refractivity contribution in [2.24, 2.45) is 0 Å². The van der Waals surface area contributed by atoms with E-state index in [9.17, 15) is 10.1 Å². The highest BCUT2D eigenvalue weighted by molar-refractivity contribution is 5.67. The maximum absolute atomic E-state index is 10.7. The minimum atomic E-state index is -0.362. The van der Waals surface area contributed by atoms with Crippen molar-refractivity contribution in [2.45, 2.75) is 6.92 Å². The Bertz CT molecular complexity index is 521. The fourth-order valence-electron chi connectivity index (χ4n) is 1.67. The van der Waals surface area contributed by atoms with Crippen LogP contribution >= 0.6 is 0 Å². The molecule has 0 atom stereocenters. The number of benzene rings is 2. The molecule has 16 heavy (non-hydrogen) atoms. The number of non-ortho nitro benzene ring substituents is 1. The van der Waals surface area contributed by atoms with Crippen LogP contribution in [-0.4, -0.2) is 4.92 Å². The Morgan fingerprint density at radius 2 is 1.69 bits per heavy atom. The quantitative estimate of drug-likeness (QED) is 0.565. The zero-order valence-corrected chi connectivity index (χ0v) is 8.88. The first-order valence-electron chi connectivity index (χ1n) is 4.98. The Kier molecular flexibility index (Phi) is 2.68. The second-order valence-corrected chi connectivity index (χ2v) is 3.68. The smallest absolute Gasteiger partial charge is 0.258 e. The van der Waals surface area contributed by atoms with Crippen LogP contribution in [-0.2, 0) is 0 Å². The third-order valence-electron chi connectivity index (χ3n) is 2.38. The third kappa shape index (κ3) is 2.08. The molecular weight excluding hydrogens is 202 g/mol. The summed E-state index contributed by atoms with van der Waals surface area (Å²) in [6.45, 7) is 1.86. The lowest BCUT2D eigenvalue weighted by Crippen LogP contribution is -1.90. The predicted octanol–water partition coefficient (Wildman–Crippen LogP) is 3.57. The highest BCUT2D eigenvalue weighted by atomic mass is 16.6. The summed E-state index contributed by atoms with van der Waals surface area (Å²) < 4.78 is 0. The topological polar surface area (TPSA) is 43.1 Å². The van der Waals surface area contributed by atoms with Gasteiger partial charge in [0.05, 0.1) is 4.92 Å². The summed E-state index contributed by atoms with van der Waals surface area (Å²) in [6.07, 6.45) is 0. The zero-order valence-electron chi connectivity index (χ0n) is 8.88. The molecular formula is C13H11NO2. The Morgan fingerprint density at radius 3 is 2.31 bits per heavy atom. The fourth-order valence-corrected chi connectivity index (χ4v) is 1.67. The van der Waals surface area contributed by atoms with Crippen molar-refractivity contribution in [1.82, 2.24) is 0 Å². The number of nitrogens with zero attached hydrogens (tertiary/aromatic N) is 1. The summed E-state index contributed by atoms with van der Waals surface area (Å²) in [5.41, 5.74) is 2.91. The van der Waals surface area contributed by atoms with E-state index in [2.05, 4.69) is 0 Å². The van der Waals surface area contributed by atoms with Crippen LogP contribution in [0.4, 0.5) is 5.69 Å². The van der Waals surface area contributed by atoms with Crippen LogP contribution in [0.5, 0.6) is 0 Å².